The summed E-state index contributed by atoms with van der Waals surface area (Å²) in [4.78, 5) is 0. The number of hydrogen-bond acceptors (Lipinski definition) is 4. The van der Waals surface area contributed by atoms with Crippen molar-refractivity contribution in [1.82, 2.24) is 4.31 Å². The molecule has 0 spiro atoms. The van der Waals surface area contributed by atoms with Gasteiger partial charge in [0.2, 0.25) is 10.0 Å². The first kappa shape index (κ1) is 14.3. The molecule has 3 N–H and O–H groups in total. The molecule has 1 aliphatic rings. The number of nitrogen functional groups attached to an aromatic ring is 1. The van der Waals surface area contributed by atoms with E-state index in [1.807, 2.05) is 6.92 Å². The third kappa shape index (κ3) is 3.26. The van der Waals surface area contributed by atoms with Crippen LogP contribution in [0.15, 0.2) is 24.3 Å². The predicted molar refractivity (Wildman–Crippen MR) is 74.9 cm³/mol. The molecule has 1 saturated heterocycles. The number of aliphatic hydroxyl groups is 1. The fourth-order valence-electron chi connectivity index (χ4n) is 2.35. The monoisotopic (exact) mass is 284 g/mol. The second kappa shape index (κ2) is 5.11. The molecule has 5 nitrogen and oxygen atoms in total. The summed E-state index contributed by atoms with van der Waals surface area (Å²) in [6, 6.07) is 6.80. The Morgan fingerprint density at radius 2 is 1.89 bits per heavy atom. The van der Waals surface area contributed by atoms with Gasteiger partial charge in [0.15, 0.2) is 0 Å². The Kier molecular flexibility index (Phi) is 3.85. The molecule has 6 heteroatoms. The number of rotatable bonds is 5. The quantitative estimate of drug-likeness (QED) is 0.788. The molecule has 0 aliphatic carbocycles. The number of hydrogen-bond donors (Lipinski definition) is 2. The Bertz CT molecular complexity index is 534. The maximum Gasteiger partial charge on any atom is 0.218 e. The number of β-amino-alcohol motifs (C(OH)–C–C–N with tert-alkyl or cyclic N) is 1. The summed E-state index contributed by atoms with van der Waals surface area (Å²) >= 11 is 0. The molecule has 0 saturated carbocycles. The zero-order chi connectivity index (χ0) is 14.1. The minimum absolute atomic E-state index is 0.0461. The van der Waals surface area contributed by atoms with Crippen molar-refractivity contribution >= 4 is 15.7 Å². The lowest BCUT2D eigenvalue weighted by Crippen LogP contribution is -2.63. The first-order chi connectivity index (χ1) is 8.85. The van der Waals surface area contributed by atoms with E-state index >= 15 is 0 Å². The SMILES string of the molecule is CCCC1(O)CN(S(=O)(=O)Cc2ccc(N)cc2)C1. The van der Waals surface area contributed by atoms with Crippen LogP contribution in [-0.2, 0) is 15.8 Å². The van der Waals surface area contributed by atoms with E-state index in [-0.39, 0.29) is 18.8 Å². The van der Waals surface area contributed by atoms with Crippen molar-refractivity contribution < 1.29 is 13.5 Å². The van der Waals surface area contributed by atoms with Crippen LogP contribution < -0.4 is 5.73 Å². The van der Waals surface area contributed by atoms with Crippen molar-refractivity contribution in [3.05, 3.63) is 29.8 Å². The Hall–Kier alpha value is -1.11. The van der Waals surface area contributed by atoms with Gasteiger partial charge in [-0.25, -0.2) is 8.42 Å². The van der Waals surface area contributed by atoms with Crippen molar-refractivity contribution in [2.75, 3.05) is 18.8 Å². The third-order valence-corrected chi connectivity index (χ3v) is 5.12. The van der Waals surface area contributed by atoms with Gasteiger partial charge < -0.3 is 10.8 Å². The fraction of sp³-hybridized carbons (Fsp3) is 0.538. The highest BCUT2D eigenvalue weighted by molar-refractivity contribution is 7.88. The van der Waals surface area contributed by atoms with Gasteiger partial charge in [-0.05, 0) is 24.1 Å². The molecule has 1 aliphatic heterocycles. The van der Waals surface area contributed by atoms with Crippen LogP contribution >= 0.6 is 0 Å². The van der Waals surface area contributed by atoms with E-state index in [1.54, 1.807) is 24.3 Å². The Labute approximate surface area is 114 Å². The first-order valence-corrected chi connectivity index (χ1v) is 8.00. The molecule has 0 aromatic heterocycles. The third-order valence-electron chi connectivity index (χ3n) is 3.38. The first-order valence-electron chi connectivity index (χ1n) is 6.39. The van der Waals surface area contributed by atoms with Crippen LogP contribution in [0.5, 0.6) is 0 Å². The molecule has 0 amide bonds. The number of benzene rings is 1. The lowest BCUT2D eigenvalue weighted by atomic mass is 9.92. The highest BCUT2D eigenvalue weighted by atomic mass is 32.2. The molecule has 0 bridgehead atoms. The summed E-state index contributed by atoms with van der Waals surface area (Å²) in [5.41, 5.74) is 6.05. The van der Waals surface area contributed by atoms with E-state index in [1.165, 1.54) is 4.31 Å². The standard InChI is InChI=1S/C13H20N2O3S/c1-2-7-13(16)9-15(10-13)19(17,18)8-11-3-5-12(14)6-4-11/h3-6,16H,2,7-10,14H2,1H3. The lowest BCUT2D eigenvalue weighted by Gasteiger charge is -2.45. The molecule has 1 fully saturated rings. The Morgan fingerprint density at radius 1 is 1.32 bits per heavy atom. The van der Waals surface area contributed by atoms with Crippen LogP contribution in [0.3, 0.4) is 0 Å². The van der Waals surface area contributed by atoms with Gasteiger partial charge in [0.05, 0.1) is 11.4 Å². The van der Waals surface area contributed by atoms with E-state index in [9.17, 15) is 13.5 Å². The van der Waals surface area contributed by atoms with Crippen LogP contribution in [0.25, 0.3) is 0 Å². The van der Waals surface area contributed by atoms with Gasteiger partial charge in [0.1, 0.15) is 0 Å². The van der Waals surface area contributed by atoms with Crippen molar-refractivity contribution in [2.45, 2.75) is 31.1 Å². The normalized spacial score (nSPS) is 19.1. The van der Waals surface area contributed by atoms with Gasteiger partial charge in [-0.15, -0.1) is 0 Å². The molecular formula is C13H20N2O3S. The smallest absolute Gasteiger partial charge is 0.218 e. The highest BCUT2D eigenvalue weighted by Crippen LogP contribution is 2.29. The Morgan fingerprint density at radius 3 is 2.42 bits per heavy atom. The second-order valence-electron chi connectivity index (χ2n) is 5.24. The molecule has 1 heterocycles. The zero-order valence-corrected chi connectivity index (χ0v) is 11.9. The van der Waals surface area contributed by atoms with Crippen LogP contribution in [-0.4, -0.2) is 36.5 Å². The molecule has 0 unspecified atom stereocenters. The molecule has 19 heavy (non-hydrogen) atoms. The predicted octanol–water partition coefficient (Wildman–Crippen LogP) is 0.945. The van der Waals surface area contributed by atoms with E-state index in [0.29, 0.717) is 17.7 Å². The second-order valence-corrected chi connectivity index (χ2v) is 7.21. The number of nitrogens with two attached hydrogens (primary N) is 1. The largest absolute Gasteiger partial charge is 0.399 e. The van der Waals surface area contributed by atoms with Crippen molar-refractivity contribution in [3.8, 4) is 0 Å². The zero-order valence-electron chi connectivity index (χ0n) is 11.0. The van der Waals surface area contributed by atoms with Crippen molar-refractivity contribution in [1.29, 1.82) is 0 Å². The number of sulfonamides is 1. The molecule has 106 valence electrons. The lowest BCUT2D eigenvalue weighted by molar-refractivity contribution is -0.0653. The average Bonchev–Trinajstić information content (AvgIpc) is 2.29. The fourth-order valence-corrected chi connectivity index (χ4v) is 4.02. The van der Waals surface area contributed by atoms with E-state index in [2.05, 4.69) is 0 Å². The molecule has 1 aromatic carbocycles. The summed E-state index contributed by atoms with van der Waals surface area (Å²) in [6.07, 6.45) is 1.49. The molecule has 0 atom stereocenters. The van der Waals surface area contributed by atoms with E-state index in [0.717, 1.165) is 6.42 Å². The van der Waals surface area contributed by atoms with E-state index in [4.69, 9.17) is 5.73 Å². The molecule has 0 radical (unpaired) electrons. The minimum Gasteiger partial charge on any atom is -0.399 e. The summed E-state index contributed by atoms with van der Waals surface area (Å²) < 4.78 is 25.6. The Balaban J connectivity index is 1.99. The van der Waals surface area contributed by atoms with Crippen LogP contribution in [0.4, 0.5) is 5.69 Å². The van der Waals surface area contributed by atoms with Crippen molar-refractivity contribution in [2.24, 2.45) is 0 Å². The molecular weight excluding hydrogens is 264 g/mol. The summed E-state index contributed by atoms with van der Waals surface area (Å²) in [7, 11) is -3.35. The van der Waals surface area contributed by atoms with Crippen molar-refractivity contribution in [3.63, 3.8) is 0 Å². The van der Waals surface area contributed by atoms with Gasteiger partial charge in [-0.1, -0.05) is 25.5 Å². The summed E-state index contributed by atoms with van der Waals surface area (Å²) in [5, 5.41) is 10.0. The molecule has 1 aromatic rings. The van der Waals surface area contributed by atoms with Gasteiger partial charge in [-0.2, -0.15) is 4.31 Å². The average molecular weight is 284 g/mol. The van der Waals surface area contributed by atoms with Gasteiger partial charge in [-0.3, -0.25) is 0 Å². The highest BCUT2D eigenvalue weighted by Gasteiger charge is 2.45. The topological polar surface area (TPSA) is 83.6 Å². The summed E-state index contributed by atoms with van der Waals surface area (Å²) in [6.45, 7) is 2.39. The van der Waals surface area contributed by atoms with Gasteiger partial charge >= 0.3 is 0 Å². The summed E-state index contributed by atoms with van der Waals surface area (Å²) in [5.74, 6) is -0.0461. The number of anilines is 1. The maximum atomic E-state index is 12.1. The number of nitrogens with zero attached hydrogens (tertiary/aromatic N) is 1. The van der Waals surface area contributed by atoms with Gasteiger partial charge in [0, 0.05) is 18.8 Å². The van der Waals surface area contributed by atoms with Crippen LogP contribution in [0, 0.1) is 0 Å². The minimum atomic E-state index is -3.35. The van der Waals surface area contributed by atoms with Gasteiger partial charge in [0.25, 0.3) is 0 Å². The molecule has 2 rings (SSSR count). The van der Waals surface area contributed by atoms with E-state index < -0.39 is 15.6 Å². The van der Waals surface area contributed by atoms with Crippen LogP contribution in [0.1, 0.15) is 25.3 Å². The maximum absolute atomic E-state index is 12.1. The van der Waals surface area contributed by atoms with Crippen LogP contribution in [0.2, 0.25) is 0 Å².